The molecule has 0 saturated carbocycles. The molecule has 150 heavy (non-hydrogen) atoms. The van der Waals surface area contributed by atoms with E-state index >= 15 is 0 Å². The average molecular weight is 2190 g/mol. The highest BCUT2D eigenvalue weighted by Gasteiger charge is 2.20. The molecule has 0 unspecified atom stereocenters. The lowest BCUT2D eigenvalue weighted by Gasteiger charge is -2.11. The topological polar surface area (TPSA) is 547 Å². The van der Waals surface area contributed by atoms with E-state index in [1.807, 2.05) is 84.9 Å². The van der Waals surface area contributed by atoms with Gasteiger partial charge in [0.1, 0.15) is 97.5 Å². The number of anilines is 21. The number of rotatable bonds is 26. The zero-order chi connectivity index (χ0) is 106. The predicted octanol–water partition coefficient (Wildman–Crippen LogP) is 24.6. The summed E-state index contributed by atoms with van der Waals surface area (Å²) in [5.41, 5.74) is 49.3. The lowest BCUT2D eigenvalue weighted by molar-refractivity contribution is 0.447. The van der Waals surface area contributed by atoms with Crippen LogP contribution in [0.5, 0.6) is 11.5 Å². The summed E-state index contributed by atoms with van der Waals surface area (Å²) >= 11 is 30.7. The standard InChI is InChI=1S/C20H14ClFN6S.C19H15FN6O.C16H15FN6S.C15H11Cl2N5S.C15H10ClF2N5S.C15H13FN6S/c21-15-9-13(10-16(22)19(15)29-14-3-7-25-8-4-14)26-18-11-17(27-20(23)28-18)12-1-5-24-6-2-12;20-14-8-12(24-18-9-17(21)25-19(22)26-18)4-5-16(14)27-15-3-1-2-11-10-23-7-6-13(11)15;1-19-14-9-15(23-16(18)22-14)21-10-2-3-13(12(17)8-10)24-11-4-6-20-7-5-11;16-11-7-9(20-14-8-13(17)21-15(18)22-14)1-2-12(11)23-10-3-5-19-6-4-10;16-12-7-13(23-15(19)22-12)21-8-5-10(17)14(11(18)6-8)24-9-1-3-20-4-2-9;16-11-7-9(20-14-8-13(17)21-15(18)22-14)1-2-12(11)23-10-3-5-19-6-4-10/h1-11H,(H3,23,26,27,28);1-10H,(H5,21,22,24,25,26);2-9H,1H3,(H4,18,19,21,22,23);1-8H,(H3,18,20,21,22);1-7H,(H3,19,21,22,23);1-8H,(H5,17,18,20,21,22). The van der Waals surface area contributed by atoms with Crippen molar-refractivity contribution in [3.63, 3.8) is 0 Å². The Bertz CT molecular complexity index is 7800. The van der Waals surface area contributed by atoms with Crippen molar-refractivity contribution in [1.82, 2.24) is 94.7 Å². The van der Waals surface area contributed by atoms with Gasteiger partial charge in [0.25, 0.3) is 0 Å². The minimum absolute atomic E-state index is 0.0309. The molecule has 0 aliphatic heterocycles. The first-order valence-electron chi connectivity index (χ1n) is 43.5. The third kappa shape index (κ3) is 32.1. The molecular formula is C100H78Cl4F6N34OS5. The summed E-state index contributed by atoms with van der Waals surface area (Å²) in [5, 5.41) is 23.7. The molecule has 0 amide bonds. The van der Waals surface area contributed by atoms with Gasteiger partial charge in [0.2, 0.25) is 35.7 Å². The lowest BCUT2D eigenvalue weighted by Crippen LogP contribution is -2.03. The van der Waals surface area contributed by atoms with Crippen LogP contribution in [0.1, 0.15) is 0 Å². The van der Waals surface area contributed by atoms with Crippen LogP contribution in [0.15, 0.2) is 366 Å². The largest absolute Gasteiger partial charge is 0.454 e. The number of aromatic nitrogens is 19. The molecule has 23 N–H and O–H groups in total. The molecule has 0 saturated heterocycles. The van der Waals surface area contributed by atoms with Crippen LogP contribution in [0.25, 0.3) is 22.0 Å². The molecule has 7 aromatic carbocycles. The van der Waals surface area contributed by atoms with Crippen LogP contribution < -0.4 is 87.8 Å². The molecule has 0 radical (unpaired) electrons. The van der Waals surface area contributed by atoms with E-state index in [1.165, 1.54) is 95.9 Å². The van der Waals surface area contributed by atoms with Crippen LogP contribution in [0.4, 0.5) is 149 Å². The molecule has 13 aromatic heterocycles. The highest BCUT2D eigenvalue weighted by Crippen LogP contribution is 2.42. The fourth-order valence-electron chi connectivity index (χ4n) is 12.9. The lowest BCUT2D eigenvalue weighted by atomic mass is 10.1. The highest BCUT2D eigenvalue weighted by molar-refractivity contribution is 8.00. The van der Waals surface area contributed by atoms with Gasteiger partial charge in [-0.15, -0.1) is 0 Å². The third-order valence-corrected chi connectivity index (χ3v) is 25.9. The van der Waals surface area contributed by atoms with Crippen molar-refractivity contribution in [3.05, 3.63) is 373 Å². The van der Waals surface area contributed by atoms with Crippen molar-refractivity contribution in [3.8, 4) is 22.8 Å². The number of nitrogen functional groups attached to an aromatic ring is 8. The van der Waals surface area contributed by atoms with Gasteiger partial charge in [0, 0.05) is 226 Å². The number of pyridine rings is 7. The molecule has 0 atom stereocenters. The van der Waals surface area contributed by atoms with Crippen LogP contribution in [-0.4, -0.2) is 102 Å². The third-order valence-electron chi connectivity index (χ3n) is 19.3. The van der Waals surface area contributed by atoms with Crippen molar-refractivity contribution >= 4 is 238 Å². The molecular weight excluding hydrogens is 2110 g/mol. The number of nitrogens with zero attached hydrogens (tertiary/aromatic N) is 19. The number of benzene rings is 7. The van der Waals surface area contributed by atoms with Crippen LogP contribution in [-0.2, 0) is 0 Å². The van der Waals surface area contributed by atoms with E-state index in [4.69, 9.17) is 97.0 Å². The zero-order valence-corrected chi connectivity index (χ0v) is 84.5. The van der Waals surface area contributed by atoms with E-state index in [2.05, 4.69) is 132 Å². The Morgan fingerprint density at radius 3 is 1.04 bits per heavy atom. The smallest absolute Gasteiger partial charge is 0.223 e. The summed E-state index contributed by atoms with van der Waals surface area (Å²) < 4.78 is 92.1. The first-order valence-corrected chi connectivity index (χ1v) is 49.1. The Hall–Kier alpha value is -17.4. The maximum atomic E-state index is 14.7. The van der Waals surface area contributed by atoms with Crippen LogP contribution >= 0.6 is 105 Å². The van der Waals surface area contributed by atoms with Gasteiger partial charge in [-0.05, 0) is 176 Å². The first-order chi connectivity index (χ1) is 72.5. The second-order valence-electron chi connectivity index (χ2n) is 30.2. The van der Waals surface area contributed by atoms with Gasteiger partial charge in [0.05, 0.1) is 25.5 Å². The Morgan fingerprint density at radius 1 is 0.267 bits per heavy atom. The number of ether oxygens (including phenoxy) is 1. The highest BCUT2D eigenvalue weighted by atomic mass is 35.5. The van der Waals surface area contributed by atoms with Gasteiger partial charge in [0.15, 0.2) is 11.6 Å². The molecule has 754 valence electrons. The van der Waals surface area contributed by atoms with Gasteiger partial charge in [-0.1, -0.05) is 117 Å². The molecule has 0 aliphatic rings. The molecule has 13 heterocycles. The Balaban J connectivity index is 0.000000135. The van der Waals surface area contributed by atoms with Gasteiger partial charge in [-0.25, -0.2) is 41.3 Å². The van der Waals surface area contributed by atoms with Crippen LogP contribution in [0, 0.1) is 34.9 Å². The molecule has 0 aliphatic carbocycles. The zero-order valence-electron chi connectivity index (χ0n) is 77.4. The number of nitrogens with one attached hydrogen (secondary N) is 7. The maximum Gasteiger partial charge on any atom is 0.223 e. The van der Waals surface area contributed by atoms with Crippen molar-refractivity contribution in [2.45, 2.75) is 49.0 Å². The van der Waals surface area contributed by atoms with Crippen molar-refractivity contribution in [1.29, 1.82) is 0 Å². The molecule has 35 nitrogen and oxygen atoms in total. The number of hydrogen-bond acceptors (Lipinski definition) is 40. The average Bonchev–Trinajstić information content (AvgIpc) is 0.818. The normalized spacial score (nSPS) is 10.6. The summed E-state index contributed by atoms with van der Waals surface area (Å²) in [6, 6.07) is 63.7. The monoisotopic (exact) mass is 2180 g/mol. The van der Waals surface area contributed by atoms with Crippen molar-refractivity contribution in [2.24, 2.45) is 0 Å². The van der Waals surface area contributed by atoms with E-state index in [0.717, 1.165) is 58.3 Å². The maximum absolute atomic E-state index is 14.7. The fourth-order valence-corrected chi connectivity index (χ4v) is 17.9. The fraction of sp³-hybridized carbons (Fsp3) is 0.0100. The molecule has 0 bridgehead atoms. The molecule has 20 rings (SSSR count). The van der Waals surface area contributed by atoms with Gasteiger partial charge >= 0.3 is 0 Å². The number of hydrogen-bond donors (Lipinski definition) is 15. The van der Waals surface area contributed by atoms with E-state index in [0.29, 0.717) is 93.7 Å². The minimum atomic E-state index is -0.701. The van der Waals surface area contributed by atoms with Crippen LogP contribution in [0.3, 0.4) is 0 Å². The van der Waals surface area contributed by atoms with E-state index in [-0.39, 0.29) is 96.4 Å². The summed E-state index contributed by atoms with van der Waals surface area (Å²) in [6.45, 7) is 0. The van der Waals surface area contributed by atoms with Crippen LogP contribution in [0.2, 0.25) is 20.4 Å². The van der Waals surface area contributed by atoms with Gasteiger partial charge in [-0.3, -0.25) is 34.9 Å². The van der Waals surface area contributed by atoms with Crippen molar-refractivity contribution in [2.75, 3.05) is 90.1 Å². The number of fused-ring (bicyclic) bond motifs is 1. The second kappa shape index (κ2) is 52.1. The molecule has 50 heteroatoms. The van der Waals surface area contributed by atoms with E-state index < -0.39 is 23.3 Å². The van der Waals surface area contributed by atoms with Gasteiger partial charge < -0.3 is 87.8 Å². The minimum Gasteiger partial charge on any atom is -0.454 e. The van der Waals surface area contributed by atoms with Crippen molar-refractivity contribution < 1.29 is 31.1 Å². The second-order valence-corrected chi connectivity index (χ2v) is 37.3. The Morgan fingerprint density at radius 2 is 0.607 bits per heavy atom. The van der Waals surface area contributed by atoms with Gasteiger partial charge in [-0.2, -0.15) is 44.9 Å². The molecule has 0 spiro atoms. The number of halogens is 10. The van der Waals surface area contributed by atoms with E-state index in [9.17, 15) is 26.3 Å². The predicted molar refractivity (Wildman–Crippen MR) is 582 cm³/mol. The summed E-state index contributed by atoms with van der Waals surface area (Å²) in [4.78, 5) is 81.9. The van der Waals surface area contributed by atoms with E-state index in [1.54, 1.807) is 190 Å². The SMILES string of the molecule is CNc1cc(Nc2ccc(Sc3ccncc3)c(F)c2)nc(N)n1.Nc1cc(Nc2ccc(Oc3cccc4cnccc34)c(F)c2)nc(N)n1.Nc1cc(Nc2ccc(Sc3ccncc3)c(F)c2)nc(N)n1.Nc1nc(Cl)cc(Nc2cc(F)c(Sc3ccncc3)c(F)c2)n1.Nc1nc(Cl)cc(Nc2ccc(Sc3ccncc3)c(Cl)c2)n1.Nc1nc(Nc2cc(F)c(Sc3ccncc3)c(Cl)c2)cc(-c2ccncc2)n1. The Labute approximate surface area is 891 Å². The first kappa shape index (κ1) is 107. The quantitative estimate of drug-likeness (QED) is 0.0177. The summed E-state index contributed by atoms with van der Waals surface area (Å²) in [6.07, 6.45) is 23.3. The summed E-state index contributed by atoms with van der Waals surface area (Å²) in [5.74, 6) is 1.46. The Kier molecular flexibility index (Phi) is 37.1. The molecule has 0 fully saturated rings. The summed E-state index contributed by atoms with van der Waals surface area (Å²) in [7, 11) is 1.73. The molecule has 20 aromatic rings. The number of nitrogens with two attached hydrogens (primary N) is 8.